The van der Waals surface area contributed by atoms with Crippen molar-refractivity contribution in [2.45, 2.75) is 96.8 Å². The molecule has 0 fully saturated rings. The number of allylic oxidation sites excluding steroid dienone is 2. The number of aliphatic carboxylic acids is 2. The molecule has 0 spiro atoms. The van der Waals surface area contributed by atoms with E-state index in [1.54, 1.807) is 0 Å². The van der Waals surface area contributed by atoms with Gasteiger partial charge >= 0.3 is 5.97 Å². The van der Waals surface area contributed by atoms with Gasteiger partial charge in [-0.2, -0.15) is 0 Å². The average molecular weight is 341 g/mol. The number of unbranched alkanes of at least 4 members (excludes halogenated alkanes) is 9. The van der Waals surface area contributed by atoms with Gasteiger partial charge in [-0.25, -0.2) is 0 Å². The van der Waals surface area contributed by atoms with Crippen LogP contribution in [0.25, 0.3) is 0 Å². The Kier molecular flexibility index (Phi) is 15.6. The zero-order valence-electron chi connectivity index (χ0n) is 15.3. The molecule has 0 saturated heterocycles. The van der Waals surface area contributed by atoms with Crippen LogP contribution in [0.1, 0.15) is 96.8 Å². The first-order valence-electron chi connectivity index (χ1n) is 9.60. The normalized spacial score (nSPS) is 15.8. The maximum absolute atomic E-state index is 10.3. The van der Waals surface area contributed by atoms with Crippen molar-refractivity contribution in [2.24, 2.45) is 5.92 Å². The fourth-order valence-electron chi connectivity index (χ4n) is 3.03. The van der Waals surface area contributed by atoms with E-state index < -0.39 is 11.9 Å². The van der Waals surface area contributed by atoms with Gasteiger partial charge in [0.2, 0.25) is 0 Å². The summed E-state index contributed by atoms with van der Waals surface area (Å²) in [7, 11) is 0. The molecule has 1 unspecified atom stereocenters. The van der Waals surface area contributed by atoms with E-state index in [4.69, 9.17) is 15.0 Å². The fourth-order valence-corrected chi connectivity index (χ4v) is 3.03. The first kappa shape index (κ1) is 22.7. The number of hydrogen-bond acceptors (Lipinski definition) is 2. The first-order chi connectivity index (χ1) is 11.5. The van der Waals surface area contributed by atoms with Gasteiger partial charge in [-0.05, 0) is 31.6 Å². The van der Waals surface area contributed by atoms with Crippen molar-refractivity contribution in [1.82, 2.24) is 0 Å². The highest BCUT2D eigenvalue weighted by Gasteiger charge is 2.07. The number of carboxylic acids is 2. The molecule has 0 bridgehead atoms. The molecule has 0 aromatic carbocycles. The van der Waals surface area contributed by atoms with E-state index >= 15 is 0 Å². The summed E-state index contributed by atoms with van der Waals surface area (Å²) in [5, 5.41) is 15.9. The van der Waals surface area contributed by atoms with E-state index in [1.807, 2.05) is 0 Å². The van der Waals surface area contributed by atoms with Crippen LogP contribution in [-0.2, 0) is 9.59 Å². The topological polar surface area (TPSA) is 74.6 Å². The second-order valence-electron chi connectivity index (χ2n) is 6.75. The van der Waals surface area contributed by atoms with Crippen molar-refractivity contribution < 1.29 is 19.8 Å². The Bertz CT molecular complexity index is 346. The number of rotatable bonds is 13. The summed E-state index contributed by atoms with van der Waals surface area (Å²) in [6.45, 7) is 1.08. The highest BCUT2D eigenvalue weighted by Crippen LogP contribution is 2.23. The average Bonchev–Trinajstić information content (AvgIpc) is 3.01. The van der Waals surface area contributed by atoms with Crippen molar-refractivity contribution >= 4 is 11.9 Å². The molecule has 1 aliphatic carbocycles. The second-order valence-corrected chi connectivity index (χ2v) is 6.75. The molecule has 0 heterocycles. The smallest absolute Gasteiger partial charge is 0.303 e. The molecular weight excluding hydrogens is 304 g/mol. The van der Waals surface area contributed by atoms with Gasteiger partial charge in [-0.1, -0.05) is 69.9 Å². The van der Waals surface area contributed by atoms with Gasteiger partial charge in [0.1, 0.15) is 0 Å². The SMILES string of the molecule is CC(=O)O.O=C(O)CCCCCCCCCCCCC1C=CCC1. The largest absolute Gasteiger partial charge is 0.481 e. The summed E-state index contributed by atoms with van der Waals surface area (Å²) in [6, 6.07) is 0. The highest BCUT2D eigenvalue weighted by atomic mass is 16.4. The number of hydrogen-bond donors (Lipinski definition) is 2. The maximum Gasteiger partial charge on any atom is 0.303 e. The van der Waals surface area contributed by atoms with Gasteiger partial charge in [-0.3, -0.25) is 9.59 Å². The number of carbonyl (C=O) groups is 2. The predicted molar refractivity (Wildman–Crippen MR) is 98.2 cm³/mol. The van der Waals surface area contributed by atoms with Crippen LogP contribution in [0.2, 0.25) is 0 Å². The number of carboxylic acid groups (broad SMARTS) is 2. The van der Waals surface area contributed by atoms with Crippen LogP contribution in [0, 0.1) is 5.92 Å². The van der Waals surface area contributed by atoms with Crippen molar-refractivity contribution in [3.63, 3.8) is 0 Å². The van der Waals surface area contributed by atoms with Gasteiger partial charge in [0.15, 0.2) is 0 Å². The Morgan fingerprint density at radius 2 is 1.33 bits per heavy atom. The summed E-state index contributed by atoms with van der Waals surface area (Å²) in [6.07, 6.45) is 21.9. The second kappa shape index (κ2) is 16.5. The quantitative estimate of drug-likeness (QED) is 0.328. The first-order valence-corrected chi connectivity index (χ1v) is 9.60. The lowest BCUT2D eigenvalue weighted by Gasteiger charge is -2.06. The molecule has 4 nitrogen and oxygen atoms in total. The van der Waals surface area contributed by atoms with Crippen LogP contribution in [0.15, 0.2) is 12.2 Å². The molecule has 0 radical (unpaired) electrons. The van der Waals surface area contributed by atoms with Gasteiger partial charge in [0.25, 0.3) is 5.97 Å². The van der Waals surface area contributed by atoms with Crippen molar-refractivity contribution in [3.8, 4) is 0 Å². The zero-order chi connectivity index (χ0) is 18.0. The van der Waals surface area contributed by atoms with Crippen LogP contribution < -0.4 is 0 Å². The highest BCUT2D eigenvalue weighted by molar-refractivity contribution is 5.66. The monoisotopic (exact) mass is 340 g/mol. The van der Waals surface area contributed by atoms with Crippen LogP contribution >= 0.6 is 0 Å². The minimum atomic E-state index is -0.833. The Balaban J connectivity index is 0.00000118. The van der Waals surface area contributed by atoms with Crippen LogP contribution in [-0.4, -0.2) is 22.2 Å². The Morgan fingerprint density at radius 1 is 0.875 bits per heavy atom. The van der Waals surface area contributed by atoms with E-state index in [9.17, 15) is 4.79 Å². The lowest BCUT2D eigenvalue weighted by atomic mass is 9.99. The third-order valence-electron chi connectivity index (χ3n) is 4.33. The standard InChI is InChI=1S/C18H32O2.C2H4O2/c19-18(20)16-10-8-6-4-2-1-3-5-7-9-13-17-14-11-12-15-17;1-2(3)4/h11,14,17H,1-10,12-13,15-16H2,(H,19,20);1H3,(H,3,4). The molecule has 140 valence electrons. The lowest BCUT2D eigenvalue weighted by molar-refractivity contribution is -0.137. The molecule has 24 heavy (non-hydrogen) atoms. The molecule has 0 amide bonds. The molecular formula is C20H36O4. The Morgan fingerprint density at radius 3 is 1.75 bits per heavy atom. The molecule has 1 atom stereocenters. The van der Waals surface area contributed by atoms with Crippen LogP contribution in [0.4, 0.5) is 0 Å². The van der Waals surface area contributed by atoms with Crippen molar-refractivity contribution in [1.29, 1.82) is 0 Å². The van der Waals surface area contributed by atoms with Crippen LogP contribution in [0.5, 0.6) is 0 Å². The van der Waals surface area contributed by atoms with Gasteiger partial charge in [0, 0.05) is 13.3 Å². The summed E-state index contributed by atoms with van der Waals surface area (Å²) in [4.78, 5) is 19.3. The van der Waals surface area contributed by atoms with Crippen LogP contribution in [0.3, 0.4) is 0 Å². The molecule has 4 heteroatoms. The summed E-state index contributed by atoms with van der Waals surface area (Å²) in [5.74, 6) is -0.598. The minimum absolute atomic E-state index is 0.343. The van der Waals surface area contributed by atoms with Crippen molar-refractivity contribution in [3.05, 3.63) is 12.2 Å². The predicted octanol–water partition coefficient (Wildman–Crippen LogP) is 5.81. The third kappa shape index (κ3) is 18.7. The summed E-state index contributed by atoms with van der Waals surface area (Å²) >= 11 is 0. The molecule has 0 aromatic rings. The lowest BCUT2D eigenvalue weighted by Crippen LogP contribution is -1.93. The van der Waals surface area contributed by atoms with Gasteiger partial charge in [0.05, 0.1) is 0 Å². The molecule has 0 saturated carbocycles. The van der Waals surface area contributed by atoms with E-state index in [1.165, 1.54) is 70.6 Å². The van der Waals surface area contributed by atoms with E-state index in [0.29, 0.717) is 6.42 Å². The molecule has 2 N–H and O–H groups in total. The maximum atomic E-state index is 10.3. The minimum Gasteiger partial charge on any atom is -0.481 e. The van der Waals surface area contributed by atoms with E-state index in [0.717, 1.165) is 25.7 Å². The van der Waals surface area contributed by atoms with E-state index in [-0.39, 0.29) is 0 Å². The summed E-state index contributed by atoms with van der Waals surface area (Å²) in [5.41, 5.74) is 0. The Hall–Kier alpha value is -1.32. The third-order valence-corrected chi connectivity index (χ3v) is 4.33. The molecule has 1 rings (SSSR count). The zero-order valence-corrected chi connectivity index (χ0v) is 15.3. The fraction of sp³-hybridized carbons (Fsp3) is 0.800. The molecule has 0 aliphatic heterocycles. The Labute approximate surface area is 147 Å². The van der Waals surface area contributed by atoms with Gasteiger partial charge < -0.3 is 10.2 Å². The summed E-state index contributed by atoms with van der Waals surface area (Å²) < 4.78 is 0. The van der Waals surface area contributed by atoms with Gasteiger partial charge in [-0.15, -0.1) is 0 Å². The molecule has 0 aromatic heterocycles. The van der Waals surface area contributed by atoms with E-state index in [2.05, 4.69) is 12.2 Å². The van der Waals surface area contributed by atoms with Crippen molar-refractivity contribution in [2.75, 3.05) is 0 Å². The molecule has 1 aliphatic rings.